The van der Waals surface area contributed by atoms with Gasteiger partial charge in [-0.05, 0) is 30.2 Å². The SMILES string of the molecule is O=C(Cn1c2ccccc2c2ncn(CCc3ccccc3)c(=O)c21)Nc1ccccc1F. The van der Waals surface area contributed by atoms with Crippen LogP contribution < -0.4 is 10.9 Å². The molecule has 0 bridgehead atoms. The van der Waals surface area contributed by atoms with Gasteiger partial charge in [0.15, 0.2) is 0 Å². The summed E-state index contributed by atoms with van der Waals surface area (Å²) in [6.07, 6.45) is 2.24. The van der Waals surface area contributed by atoms with Crippen LogP contribution in [-0.2, 0) is 24.3 Å². The Morgan fingerprint density at radius 2 is 1.67 bits per heavy atom. The number of amides is 1. The zero-order valence-electron chi connectivity index (χ0n) is 17.7. The highest BCUT2D eigenvalue weighted by atomic mass is 19.1. The van der Waals surface area contributed by atoms with E-state index in [9.17, 15) is 14.0 Å². The summed E-state index contributed by atoms with van der Waals surface area (Å²) in [6.45, 7) is 0.326. The zero-order valence-corrected chi connectivity index (χ0v) is 17.7. The quantitative estimate of drug-likeness (QED) is 0.426. The molecule has 2 aromatic heterocycles. The number of para-hydroxylation sites is 2. The van der Waals surface area contributed by atoms with Gasteiger partial charge in [-0.3, -0.25) is 14.2 Å². The fraction of sp³-hybridized carbons (Fsp3) is 0.115. The molecule has 0 fully saturated rings. The number of hydrogen-bond acceptors (Lipinski definition) is 3. The Kier molecular flexibility index (Phi) is 5.44. The topological polar surface area (TPSA) is 68.9 Å². The average molecular weight is 440 g/mol. The van der Waals surface area contributed by atoms with Gasteiger partial charge in [0.2, 0.25) is 5.91 Å². The van der Waals surface area contributed by atoms with Crippen LogP contribution in [0.15, 0.2) is 90.0 Å². The van der Waals surface area contributed by atoms with Gasteiger partial charge in [0.1, 0.15) is 23.4 Å². The van der Waals surface area contributed by atoms with Gasteiger partial charge in [-0.2, -0.15) is 0 Å². The molecule has 2 heterocycles. The average Bonchev–Trinajstić information content (AvgIpc) is 3.15. The molecule has 0 atom stereocenters. The van der Waals surface area contributed by atoms with Crippen LogP contribution in [0, 0.1) is 5.82 Å². The van der Waals surface area contributed by atoms with Gasteiger partial charge in [-0.1, -0.05) is 60.7 Å². The van der Waals surface area contributed by atoms with Crippen molar-refractivity contribution >= 4 is 33.5 Å². The second-order valence-corrected chi connectivity index (χ2v) is 7.81. The molecule has 5 aromatic rings. The van der Waals surface area contributed by atoms with E-state index in [2.05, 4.69) is 10.3 Å². The Balaban J connectivity index is 1.53. The predicted octanol–water partition coefficient (Wildman–Crippen LogP) is 4.37. The van der Waals surface area contributed by atoms with Crippen LogP contribution >= 0.6 is 0 Å². The molecule has 5 rings (SSSR count). The van der Waals surface area contributed by atoms with E-state index in [0.717, 1.165) is 16.5 Å². The van der Waals surface area contributed by atoms with E-state index >= 15 is 0 Å². The smallest absolute Gasteiger partial charge is 0.277 e. The minimum atomic E-state index is -0.516. The largest absolute Gasteiger partial charge is 0.325 e. The first-order chi connectivity index (χ1) is 16.1. The molecule has 0 aliphatic rings. The zero-order chi connectivity index (χ0) is 22.8. The molecule has 0 radical (unpaired) electrons. The molecule has 0 saturated heterocycles. The van der Waals surface area contributed by atoms with Crippen molar-refractivity contribution in [3.63, 3.8) is 0 Å². The third-order valence-electron chi connectivity index (χ3n) is 5.67. The van der Waals surface area contributed by atoms with E-state index in [1.807, 2.05) is 54.6 Å². The predicted molar refractivity (Wildman–Crippen MR) is 127 cm³/mol. The summed E-state index contributed by atoms with van der Waals surface area (Å²) in [7, 11) is 0. The Hall–Kier alpha value is -4.26. The summed E-state index contributed by atoms with van der Waals surface area (Å²) >= 11 is 0. The monoisotopic (exact) mass is 440 g/mol. The van der Waals surface area contributed by atoms with E-state index in [0.29, 0.717) is 24.0 Å². The number of anilines is 1. The van der Waals surface area contributed by atoms with Crippen LogP contribution in [-0.4, -0.2) is 20.0 Å². The highest BCUT2D eigenvalue weighted by Crippen LogP contribution is 2.25. The molecule has 0 spiro atoms. The first-order valence-corrected chi connectivity index (χ1v) is 10.7. The van der Waals surface area contributed by atoms with Crippen molar-refractivity contribution in [1.29, 1.82) is 0 Å². The van der Waals surface area contributed by atoms with Gasteiger partial charge in [0.25, 0.3) is 5.56 Å². The van der Waals surface area contributed by atoms with Gasteiger partial charge in [-0.25, -0.2) is 9.37 Å². The maximum absolute atomic E-state index is 14.0. The number of aromatic nitrogens is 3. The molecule has 6 nitrogen and oxygen atoms in total. The Bertz CT molecular complexity index is 1520. The first kappa shape index (κ1) is 20.6. The molecule has 3 aromatic carbocycles. The minimum absolute atomic E-state index is 0.0988. The van der Waals surface area contributed by atoms with Gasteiger partial charge in [0, 0.05) is 11.9 Å². The molecule has 164 valence electrons. The lowest BCUT2D eigenvalue weighted by molar-refractivity contribution is -0.116. The Morgan fingerprint density at radius 3 is 2.48 bits per heavy atom. The number of carbonyl (C=O) groups excluding carboxylic acids is 1. The number of benzene rings is 3. The molecule has 0 aliphatic heterocycles. The highest BCUT2D eigenvalue weighted by Gasteiger charge is 2.18. The second-order valence-electron chi connectivity index (χ2n) is 7.81. The lowest BCUT2D eigenvalue weighted by atomic mass is 10.1. The number of rotatable bonds is 6. The summed E-state index contributed by atoms with van der Waals surface area (Å²) in [4.78, 5) is 30.8. The lowest BCUT2D eigenvalue weighted by Crippen LogP contribution is -2.26. The molecule has 0 unspecified atom stereocenters. The van der Waals surface area contributed by atoms with Crippen LogP contribution in [0.5, 0.6) is 0 Å². The summed E-state index contributed by atoms with van der Waals surface area (Å²) in [5, 5.41) is 3.38. The van der Waals surface area contributed by atoms with E-state index in [-0.39, 0.29) is 17.8 Å². The van der Waals surface area contributed by atoms with Crippen LogP contribution in [0.3, 0.4) is 0 Å². The molecule has 7 heteroatoms. The van der Waals surface area contributed by atoms with Crippen molar-refractivity contribution in [2.45, 2.75) is 19.5 Å². The normalized spacial score (nSPS) is 11.2. The number of carbonyl (C=O) groups is 1. The minimum Gasteiger partial charge on any atom is -0.325 e. The van der Waals surface area contributed by atoms with Crippen LogP contribution in [0.4, 0.5) is 10.1 Å². The van der Waals surface area contributed by atoms with Crippen LogP contribution in [0.1, 0.15) is 5.56 Å². The van der Waals surface area contributed by atoms with Crippen molar-refractivity contribution in [3.8, 4) is 0 Å². The standard InChI is InChI=1S/C26H21FN4O2/c27-20-11-5-6-12-21(20)29-23(32)16-31-22-13-7-4-10-19(22)24-25(31)26(33)30(17-28-24)15-14-18-8-2-1-3-9-18/h1-13,17H,14-16H2,(H,29,32). The summed E-state index contributed by atoms with van der Waals surface area (Å²) < 4.78 is 17.2. The van der Waals surface area contributed by atoms with Crippen molar-refractivity contribution in [1.82, 2.24) is 14.1 Å². The molecule has 33 heavy (non-hydrogen) atoms. The number of nitrogens with one attached hydrogen (secondary N) is 1. The van der Waals surface area contributed by atoms with E-state index < -0.39 is 11.7 Å². The van der Waals surface area contributed by atoms with Crippen molar-refractivity contribution < 1.29 is 9.18 Å². The molecule has 1 amide bonds. The maximum atomic E-state index is 14.0. The van der Waals surface area contributed by atoms with E-state index in [4.69, 9.17) is 0 Å². The third kappa shape index (κ3) is 4.01. The van der Waals surface area contributed by atoms with Gasteiger partial charge in [-0.15, -0.1) is 0 Å². The summed E-state index contributed by atoms with van der Waals surface area (Å²) in [5.74, 6) is -0.945. The number of nitrogens with zero attached hydrogens (tertiary/aromatic N) is 3. The lowest BCUT2D eigenvalue weighted by Gasteiger charge is -2.10. The van der Waals surface area contributed by atoms with Gasteiger partial charge < -0.3 is 9.88 Å². The van der Waals surface area contributed by atoms with Crippen molar-refractivity contribution in [2.75, 3.05) is 5.32 Å². The summed E-state index contributed by atoms with van der Waals surface area (Å²) in [6, 6.07) is 23.3. The fourth-order valence-corrected chi connectivity index (χ4v) is 4.06. The summed E-state index contributed by atoms with van der Waals surface area (Å²) in [5.41, 5.74) is 2.63. The fourth-order valence-electron chi connectivity index (χ4n) is 4.06. The number of aryl methyl sites for hydroxylation is 2. The number of fused-ring (bicyclic) bond motifs is 3. The Morgan fingerprint density at radius 1 is 0.939 bits per heavy atom. The van der Waals surface area contributed by atoms with Gasteiger partial charge in [0.05, 0.1) is 17.5 Å². The molecular formula is C26H21FN4O2. The van der Waals surface area contributed by atoms with Crippen molar-refractivity contribution in [3.05, 3.63) is 107 Å². The molecule has 1 N–H and O–H groups in total. The number of hydrogen-bond donors (Lipinski definition) is 1. The molecule has 0 saturated carbocycles. The first-order valence-electron chi connectivity index (χ1n) is 10.7. The molecular weight excluding hydrogens is 419 g/mol. The van der Waals surface area contributed by atoms with Crippen molar-refractivity contribution in [2.24, 2.45) is 0 Å². The van der Waals surface area contributed by atoms with Crippen LogP contribution in [0.2, 0.25) is 0 Å². The van der Waals surface area contributed by atoms with E-state index in [1.165, 1.54) is 12.1 Å². The van der Waals surface area contributed by atoms with Gasteiger partial charge >= 0.3 is 0 Å². The Labute approximate surface area is 188 Å². The number of halogens is 1. The highest BCUT2D eigenvalue weighted by molar-refractivity contribution is 6.06. The second kappa shape index (κ2) is 8.70. The molecule has 0 aliphatic carbocycles. The van der Waals surface area contributed by atoms with E-state index in [1.54, 1.807) is 27.6 Å². The van der Waals surface area contributed by atoms with Crippen LogP contribution in [0.25, 0.3) is 21.9 Å². The maximum Gasteiger partial charge on any atom is 0.277 e. The third-order valence-corrected chi connectivity index (χ3v) is 5.67.